The van der Waals surface area contributed by atoms with E-state index in [-0.39, 0.29) is 24.7 Å². The number of aromatic amines is 1. The number of carbonyl (C=O) groups excluding carboxylic acids is 2. The van der Waals surface area contributed by atoms with E-state index in [1.54, 1.807) is 0 Å². The number of fused-ring (bicyclic) bond motifs is 1. The SMILES string of the molecule is O=C(NCCN1CCOCC1)c1n[nH]c2c1CN(C(=O)c1ccccc1C(F)(F)F)CC2. The van der Waals surface area contributed by atoms with Gasteiger partial charge in [0.05, 0.1) is 30.9 Å². The Kier molecular flexibility index (Phi) is 6.47. The lowest BCUT2D eigenvalue weighted by Gasteiger charge is -2.28. The molecule has 0 radical (unpaired) electrons. The third-order valence-electron chi connectivity index (χ3n) is 5.72. The van der Waals surface area contributed by atoms with Gasteiger partial charge >= 0.3 is 6.18 Å². The number of nitrogens with zero attached hydrogens (tertiary/aromatic N) is 3. The minimum atomic E-state index is -4.63. The van der Waals surface area contributed by atoms with Gasteiger partial charge in [-0.3, -0.25) is 19.6 Å². The van der Waals surface area contributed by atoms with Crippen LogP contribution >= 0.6 is 0 Å². The van der Waals surface area contributed by atoms with Crippen LogP contribution in [0.15, 0.2) is 24.3 Å². The maximum atomic E-state index is 13.3. The number of morpholine rings is 1. The van der Waals surface area contributed by atoms with Crippen LogP contribution in [0.4, 0.5) is 13.2 Å². The molecule has 2 aliphatic rings. The molecule has 2 amide bonds. The fourth-order valence-corrected chi connectivity index (χ4v) is 3.98. The van der Waals surface area contributed by atoms with Crippen LogP contribution in [-0.2, 0) is 23.9 Å². The highest BCUT2D eigenvalue weighted by Crippen LogP contribution is 2.33. The van der Waals surface area contributed by atoms with Crippen molar-refractivity contribution in [3.05, 3.63) is 52.3 Å². The quantitative estimate of drug-likeness (QED) is 0.722. The largest absolute Gasteiger partial charge is 0.417 e. The Morgan fingerprint density at radius 1 is 1.16 bits per heavy atom. The number of nitrogens with one attached hydrogen (secondary N) is 2. The fourth-order valence-electron chi connectivity index (χ4n) is 3.98. The number of carbonyl (C=O) groups is 2. The molecule has 0 unspecified atom stereocenters. The van der Waals surface area contributed by atoms with Gasteiger partial charge in [0.1, 0.15) is 0 Å². The van der Waals surface area contributed by atoms with Gasteiger partial charge < -0.3 is 15.0 Å². The van der Waals surface area contributed by atoms with Crippen LogP contribution < -0.4 is 5.32 Å². The van der Waals surface area contributed by atoms with Crippen molar-refractivity contribution in [1.29, 1.82) is 0 Å². The fraction of sp³-hybridized carbons (Fsp3) is 0.476. The number of hydrogen-bond donors (Lipinski definition) is 2. The molecular formula is C21H24F3N5O3. The van der Waals surface area contributed by atoms with Gasteiger partial charge in [0.15, 0.2) is 5.69 Å². The summed E-state index contributed by atoms with van der Waals surface area (Å²) >= 11 is 0. The van der Waals surface area contributed by atoms with E-state index in [0.717, 1.165) is 24.8 Å². The molecule has 2 aromatic rings. The van der Waals surface area contributed by atoms with Gasteiger partial charge in [-0.2, -0.15) is 18.3 Å². The molecule has 1 aromatic carbocycles. The lowest BCUT2D eigenvalue weighted by Crippen LogP contribution is -2.41. The van der Waals surface area contributed by atoms with Crippen molar-refractivity contribution < 1.29 is 27.5 Å². The van der Waals surface area contributed by atoms with E-state index in [4.69, 9.17) is 4.74 Å². The molecule has 172 valence electrons. The molecule has 0 bridgehead atoms. The summed E-state index contributed by atoms with van der Waals surface area (Å²) in [5.41, 5.74) is 0.0607. The second kappa shape index (κ2) is 9.29. The molecule has 32 heavy (non-hydrogen) atoms. The summed E-state index contributed by atoms with van der Waals surface area (Å²) in [5.74, 6) is -1.09. The van der Waals surface area contributed by atoms with Crippen LogP contribution in [0.3, 0.4) is 0 Å². The van der Waals surface area contributed by atoms with Crippen LogP contribution in [0.2, 0.25) is 0 Å². The van der Waals surface area contributed by atoms with E-state index >= 15 is 0 Å². The second-order valence-corrected chi connectivity index (χ2v) is 7.76. The number of alkyl halides is 3. The van der Waals surface area contributed by atoms with Crippen LogP contribution in [0.5, 0.6) is 0 Å². The number of H-pyrrole nitrogens is 1. The Hall–Kier alpha value is -2.92. The van der Waals surface area contributed by atoms with Crippen molar-refractivity contribution in [2.75, 3.05) is 45.9 Å². The summed E-state index contributed by atoms with van der Waals surface area (Å²) in [6.07, 6.45) is -4.25. The number of aromatic nitrogens is 2. The van der Waals surface area contributed by atoms with Gasteiger partial charge in [0.2, 0.25) is 0 Å². The number of ether oxygens (including phenoxy) is 1. The first kappa shape index (κ1) is 22.3. The van der Waals surface area contributed by atoms with E-state index in [2.05, 4.69) is 20.4 Å². The van der Waals surface area contributed by atoms with Gasteiger partial charge in [0, 0.05) is 50.4 Å². The third-order valence-corrected chi connectivity index (χ3v) is 5.72. The maximum Gasteiger partial charge on any atom is 0.417 e. The Labute approximate surface area is 182 Å². The van der Waals surface area contributed by atoms with Crippen molar-refractivity contribution in [2.45, 2.75) is 19.1 Å². The topological polar surface area (TPSA) is 90.6 Å². The molecule has 0 saturated carbocycles. The van der Waals surface area contributed by atoms with Crippen molar-refractivity contribution in [3.63, 3.8) is 0 Å². The molecule has 4 rings (SSSR count). The number of amides is 2. The van der Waals surface area contributed by atoms with Crippen molar-refractivity contribution >= 4 is 11.8 Å². The number of hydrogen-bond acceptors (Lipinski definition) is 5. The van der Waals surface area contributed by atoms with E-state index in [0.29, 0.717) is 38.3 Å². The maximum absolute atomic E-state index is 13.3. The van der Waals surface area contributed by atoms with E-state index in [1.807, 2.05) is 0 Å². The number of benzene rings is 1. The molecule has 0 spiro atoms. The zero-order valence-corrected chi connectivity index (χ0v) is 17.4. The average molecular weight is 451 g/mol. The lowest BCUT2D eigenvalue weighted by molar-refractivity contribution is -0.138. The van der Waals surface area contributed by atoms with Gasteiger partial charge in [-0.25, -0.2) is 0 Å². The first-order valence-corrected chi connectivity index (χ1v) is 10.4. The molecule has 0 aliphatic carbocycles. The average Bonchev–Trinajstić information content (AvgIpc) is 3.22. The molecule has 1 aromatic heterocycles. The van der Waals surface area contributed by atoms with E-state index in [9.17, 15) is 22.8 Å². The summed E-state index contributed by atoms with van der Waals surface area (Å²) in [4.78, 5) is 29.1. The molecule has 0 atom stereocenters. The summed E-state index contributed by atoms with van der Waals surface area (Å²) in [6.45, 7) is 4.32. The molecule has 3 heterocycles. The highest BCUT2D eigenvalue weighted by Gasteiger charge is 2.37. The molecule has 1 fully saturated rings. The van der Waals surface area contributed by atoms with Gasteiger partial charge in [-0.05, 0) is 12.1 Å². The highest BCUT2D eigenvalue weighted by atomic mass is 19.4. The predicted octanol–water partition coefficient (Wildman–Crippen LogP) is 1.69. The molecular weight excluding hydrogens is 427 g/mol. The van der Waals surface area contributed by atoms with Crippen molar-refractivity contribution in [1.82, 2.24) is 25.3 Å². The Morgan fingerprint density at radius 2 is 1.91 bits per heavy atom. The molecule has 11 heteroatoms. The molecule has 2 aliphatic heterocycles. The van der Waals surface area contributed by atoms with Crippen molar-refractivity contribution in [2.24, 2.45) is 0 Å². The number of halogens is 3. The predicted molar refractivity (Wildman–Crippen MR) is 108 cm³/mol. The van der Waals surface area contributed by atoms with E-state index < -0.39 is 23.2 Å². The standard InChI is InChI=1S/C21H24F3N5O3/c22-21(23,24)16-4-2-1-3-14(16)20(31)29-7-5-17-15(13-29)18(27-26-17)19(30)25-6-8-28-9-11-32-12-10-28/h1-4H,5-13H2,(H,25,30)(H,26,27). The van der Waals surface area contributed by atoms with Crippen LogP contribution in [0.1, 0.15) is 37.7 Å². The van der Waals surface area contributed by atoms with Gasteiger partial charge in [0.25, 0.3) is 11.8 Å². The zero-order chi connectivity index (χ0) is 22.7. The minimum absolute atomic E-state index is 0.0169. The van der Waals surface area contributed by atoms with Crippen LogP contribution in [0.25, 0.3) is 0 Å². The number of rotatable bonds is 5. The lowest BCUT2D eigenvalue weighted by atomic mass is 10.0. The van der Waals surface area contributed by atoms with Gasteiger partial charge in [-0.15, -0.1) is 0 Å². The van der Waals surface area contributed by atoms with Crippen LogP contribution in [0, 0.1) is 0 Å². The second-order valence-electron chi connectivity index (χ2n) is 7.76. The summed E-state index contributed by atoms with van der Waals surface area (Å²) in [6, 6.07) is 4.73. The summed E-state index contributed by atoms with van der Waals surface area (Å²) < 4.78 is 45.3. The smallest absolute Gasteiger partial charge is 0.379 e. The molecule has 8 nitrogen and oxygen atoms in total. The minimum Gasteiger partial charge on any atom is -0.379 e. The molecule has 2 N–H and O–H groups in total. The Morgan fingerprint density at radius 3 is 2.66 bits per heavy atom. The first-order valence-electron chi connectivity index (χ1n) is 10.4. The van der Waals surface area contributed by atoms with Crippen molar-refractivity contribution in [3.8, 4) is 0 Å². The highest BCUT2D eigenvalue weighted by molar-refractivity contribution is 5.97. The zero-order valence-electron chi connectivity index (χ0n) is 17.4. The third kappa shape index (κ3) is 4.78. The van der Waals surface area contributed by atoms with Crippen LogP contribution in [-0.4, -0.2) is 77.7 Å². The molecule has 1 saturated heterocycles. The first-order chi connectivity index (χ1) is 15.3. The summed E-state index contributed by atoms with van der Waals surface area (Å²) in [5, 5.41) is 9.76. The normalized spacial score (nSPS) is 17.2. The summed E-state index contributed by atoms with van der Waals surface area (Å²) in [7, 11) is 0. The monoisotopic (exact) mass is 451 g/mol. The van der Waals surface area contributed by atoms with E-state index in [1.165, 1.54) is 23.1 Å². The van der Waals surface area contributed by atoms with Gasteiger partial charge in [-0.1, -0.05) is 12.1 Å². The Balaban J connectivity index is 1.43. The Bertz CT molecular complexity index is 985.